The highest BCUT2D eigenvalue weighted by Gasteiger charge is 2.41. The van der Waals surface area contributed by atoms with Crippen molar-refractivity contribution < 1.29 is 0 Å². The largest absolute Gasteiger partial charge is 0.310 e. The molecule has 360 valence electrons. The van der Waals surface area contributed by atoms with Gasteiger partial charge in [-0.2, -0.15) is 0 Å². The SMILES string of the molecule is C=CC(CCC)(c1ccc(N(c2ccccc2)c2ccc3ccccc3c2)cc1)c1ccc2c(c1)C(C)(C)c1cc(C(CC)(CCC)c3ccc(N(c4ccccc4)c4ccc5ccccc5c4)cc3)ccc1-2. The number of allylic oxidation sites excluding steroid dienone is 1. The van der Waals surface area contributed by atoms with E-state index in [0.717, 1.165) is 66.2 Å². The van der Waals surface area contributed by atoms with Crippen LogP contribution in [0.15, 0.2) is 243 Å². The fraction of sp³-hybridized carbons (Fsp3) is 0.183. The molecule has 11 rings (SSSR count). The van der Waals surface area contributed by atoms with Gasteiger partial charge in [-0.3, -0.25) is 0 Å². The second-order valence-electron chi connectivity index (χ2n) is 20.8. The van der Waals surface area contributed by atoms with Crippen LogP contribution in [0.25, 0.3) is 32.7 Å². The Labute approximate surface area is 433 Å². The summed E-state index contributed by atoms with van der Waals surface area (Å²) in [5, 5.41) is 4.95. The van der Waals surface area contributed by atoms with E-state index in [0.29, 0.717) is 0 Å². The summed E-state index contributed by atoms with van der Waals surface area (Å²) < 4.78 is 0. The van der Waals surface area contributed by atoms with Gasteiger partial charge >= 0.3 is 0 Å². The zero-order chi connectivity index (χ0) is 50.2. The molecule has 0 bridgehead atoms. The Balaban J connectivity index is 0.931. The zero-order valence-electron chi connectivity index (χ0n) is 43.2. The average molecular weight is 947 g/mol. The van der Waals surface area contributed by atoms with Crippen LogP contribution in [-0.2, 0) is 16.2 Å². The van der Waals surface area contributed by atoms with Crippen molar-refractivity contribution in [3.63, 3.8) is 0 Å². The molecule has 10 aromatic rings. The third kappa shape index (κ3) is 8.33. The molecule has 0 saturated heterocycles. The smallest absolute Gasteiger partial charge is 0.0468 e. The molecule has 0 aromatic heterocycles. The van der Waals surface area contributed by atoms with E-state index in [9.17, 15) is 0 Å². The number of fused-ring (bicyclic) bond motifs is 5. The Kier molecular flexibility index (Phi) is 12.7. The highest BCUT2D eigenvalue weighted by atomic mass is 15.1. The van der Waals surface area contributed by atoms with Crippen molar-refractivity contribution in [2.24, 2.45) is 0 Å². The van der Waals surface area contributed by atoms with Crippen molar-refractivity contribution in [2.45, 2.75) is 83.0 Å². The number of benzene rings is 10. The van der Waals surface area contributed by atoms with E-state index in [-0.39, 0.29) is 16.2 Å². The van der Waals surface area contributed by atoms with Crippen molar-refractivity contribution in [3.8, 4) is 11.1 Å². The number of hydrogen-bond donors (Lipinski definition) is 0. The maximum absolute atomic E-state index is 4.59. The Bertz CT molecular complexity index is 3570. The number of nitrogens with zero attached hydrogens (tertiary/aromatic N) is 2. The van der Waals surface area contributed by atoms with Crippen LogP contribution < -0.4 is 9.80 Å². The summed E-state index contributed by atoms with van der Waals surface area (Å²) >= 11 is 0. The summed E-state index contributed by atoms with van der Waals surface area (Å²) in [7, 11) is 0. The van der Waals surface area contributed by atoms with Gasteiger partial charge in [-0.1, -0.05) is 211 Å². The van der Waals surface area contributed by atoms with Gasteiger partial charge in [0.1, 0.15) is 0 Å². The first-order chi connectivity index (χ1) is 35.7. The predicted molar refractivity (Wildman–Crippen MR) is 313 cm³/mol. The molecule has 1 aliphatic carbocycles. The van der Waals surface area contributed by atoms with Gasteiger partial charge in [-0.15, -0.1) is 6.58 Å². The molecule has 2 nitrogen and oxygen atoms in total. The summed E-state index contributed by atoms with van der Waals surface area (Å²) in [5.41, 5.74) is 16.9. The topological polar surface area (TPSA) is 6.48 Å². The molecule has 1 aliphatic rings. The van der Waals surface area contributed by atoms with Gasteiger partial charge in [0.05, 0.1) is 0 Å². The molecule has 2 heteroatoms. The Hall–Kier alpha value is -7.94. The third-order valence-corrected chi connectivity index (χ3v) is 16.3. The van der Waals surface area contributed by atoms with Crippen LogP contribution >= 0.6 is 0 Å². The van der Waals surface area contributed by atoms with E-state index in [1.165, 1.54) is 66.1 Å². The summed E-state index contributed by atoms with van der Waals surface area (Å²) in [4.78, 5) is 4.75. The Morgan fingerprint density at radius 3 is 1.25 bits per heavy atom. The van der Waals surface area contributed by atoms with E-state index < -0.39 is 0 Å². The van der Waals surface area contributed by atoms with Crippen LogP contribution in [0.1, 0.15) is 100 Å². The van der Waals surface area contributed by atoms with Gasteiger partial charge < -0.3 is 9.80 Å². The second kappa shape index (κ2) is 19.6. The highest BCUT2D eigenvalue weighted by molar-refractivity contribution is 5.91. The first kappa shape index (κ1) is 47.4. The van der Waals surface area contributed by atoms with Crippen molar-refractivity contribution in [3.05, 3.63) is 277 Å². The molecular formula is C71H66N2. The van der Waals surface area contributed by atoms with Crippen molar-refractivity contribution >= 4 is 55.7 Å². The van der Waals surface area contributed by atoms with Gasteiger partial charge in [0.15, 0.2) is 0 Å². The van der Waals surface area contributed by atoms with Crippen LogP contribution in [0.2, 0.25) is 0 Å². The molecule has 2 unspecified atom stereocenters. The molecule has 0 radical (unpaired) electrons. The van der Waals surface area contributed by atoms with Crippen LogP contribution in [0.4, 0.5) is 34.1 Å². The molecule has 0 aliphatic heterocycles. The van der Waals surface area contributed by atoms with Crippen molar-refractivity contribution in [2.75, 3.05) is 9.80 Å². The number of hydrogen-bond acceptors (Lipinski definition) is 2. The lowest BCUT2D eigenvalue weighted by molar-refractivity contribution is 0.449. The molecule has 0 saturated carbocycles. The minimum Gasteiger partial charge on any atom is -0.310 e. The van der Waals surface area contributed by atoms with Crippen LogP contribution in [0, 0.1) is 0 Å². The van der Waals surface area contributed by atoms with E-state index in [1.54, 1.807) is 0 Å². The van der Waals surface area contributed by atoms with Crippen molar-refractivity contribution in [1.29, 1.82) is 0 Å². The van der Waals surface area contributed by atoms with Crippen molar-refractivity contribution in [1.82, 2.24) is 0 Å². The van der Waals surface area contributed by atoms with Gasteiger partial charge in [0, 0.05) is 50.4 Å². The molecule has 10 aromatic carbocycles. The standard InChI is InChI=1S/C71H66N2/c1-7-45-70(9-3,55-31-39-61(40-32-55)72(59-25-13-11-14-26-59)63-37-29-51-21-17-19-23-53(51)47-63)57-35-43-65-66-44-36-58(50-68(66)69(5,6)67(65)49-57)71(10-4,46-8-2)56-33-41-62(42-34-56)73(60-27-15-12-16-28-60)64-38-30-52-22-18-20-24-54(52)48-64/h9,11-44,47-50H,3,7-8,10,45-46H2,1-2,4-6H3. The molecule has 0 N–H and O–H groups in total. The Morgan fingerprint density at radius 1 is 0.384 bits per heavy atom. The molecule has 0 spiro atoms. The summed E-state index contributed by atoms with van der Waals surface area (Å²) in [6, 6.07) is 85.8. The summed E-state index contributed by atoms with van der Waals surface area (Å²) in [6.07, 6.45) is 7.35. The summed E-state index contributed by atoms with van der Waals surface area (Å²) in [6.45, 7) is 16.5. The monoisotopic (exact) mass is 947 g/mol. The first-order valence-corrected chi connectivity index (χ1v) is 26.5. The summed E-state index contributed by atoms with van der Waals surface area (Å²) in [5.74, 6) is 0. The minimum atomic E-state index is -0.367. The molecule has 2 atom stereocenters. The fourth-order valence-electron chi connectivity index (χ4n) is 12.5. The first-order valence-electron chi connectivity index (χ1n) is 26.5. The van der Waals surface area contributed by atoms with E-state index in [4.69, 9.17) is 0 Å². The maximum atomic E-state index is 4.59. The second-order valence-corrected chi connectivity index (χ2v) is 20.8. The zero-order valence-corrected chi connectivity index (χ0v) is 43.2. The lowest BCUT2D eigenvalue weighted by Crippen LogP contribution is -2.28. The highest BCUT2D eigenvalue weighted by Crippen LogP contribution is 2.53. The minimum absolute atomic E-state index is 0.144. The number of anilines is 6. The molecule has 0 fully saturated rings. The maximum Gasteiger partial charge on any atom is 0.0468 e. The van der Waals surface area contributed by atoms with Gasteiger partial charge in [0.25, 0.3) is 0 Å². The Morgan fingerprint density at radius 2 is 0.781 bits per heavy atom. The fourth-order valence-corrected chi connectivity index (χ4v) is 12.5. The normalized spacial score (nSPS) is 14.2. The lowest BCUT2D eigenvalue weighted by atomic mass is 9.68. The molecule has 0 amide bonds. The predicted octanol–water partition coefficient (Wildman–Crippen LogP) is 20.0. The molecule has 73 heavy (non-hydrogen) atoms. The van der Waals surface area contributed by atoms with E-state index >= 15 is 0 Å². The van der Waals surface area contributed by atoms with E-state index in [1.807, 2.05) is 0 Å². The van der Waals surface area contributed by atoms with E-state index in [2.05, 4.69) is 288 Å². The lowest BCUT2D eigenvalue weighted by Gasteiger charge is -2.36. The molecular weight excluding hydrogens is 881 g/mol. The van der Waals surface area contributed by atoms with Gasteiger partial charge in [-0.05, 0) is 158 Å². The van der Waals surface area contributed by atoms with Crippen LogP contribution in [0.5, 0.6) is 0 Å². The number of para-hydroxylation sites is 2. The average Bonchev–Trinajstić information content (AvgIpc) is 3.67. The number of rotatable bonds is 16. The van der Waals surface area contributed by atoms with Gasteiger partial charge in [0.2, 0.25) is 0 Å². The van der Waals surface area contributed by atoms with Gasteiger partial charge in [-0.25, -0.2) is 0 Å². The third-order valence-electron chi connectivity index (χ3n) is 16.3. The van der Waals surface area contributed by atoms with Crippen LogP contribution in [0.3, 0.4) is 0 Å². The van der Waals surface area contributed by atoms with Crippen LogP contribution in [-0.4, -0.2) is 0 Å². The molecule has 0 heterocycles. The quantitative estimate of drug-likeness (QED) is 0.0891.